The number of carbonyl (C=O) groups excluding carboxylic acids is 1. The van der Waals surface area contributed by atoms with Crippen LogP contribution in [0.25, 0.3) is 11.0 Å². The number of hydrogen-bond acceptors (Lipinski definition) is 4. The molecule has 1 aromatic carbocycles. The minimum Gasteiger partial charge on any atom is -0.354 e. The molecule has 1 amide bonds. The molecule has 0 bridgehead atoms. The molecule has 0 spiro atoms. The van der Waals surface area contributed by atoms with Crippen molar-refractivity contribution in [1.82, 2.24) is 14.9 Å². The number of anilines is 2. The van der Waals surface area contributed by atoms with Gasteiger partial charge in [0.1, 0.15) is 0 Å². The molecule has 1 saturated heterocycles. The van der Waals surface area contributed by atoms with Crippen molar-refractivity contribution < 1.29 is 4.79 Å². The van der Waals surface area contributed by atoms with E-state index in [-0.39, 0.29) is 5.91 Å². The topological polar surface area (TPSA) is 58.1 Å². The predicted octanol–water partition coefficient (Wildman–Crippen LogP) is 3.92. The van der Waals surface area contributed by atoms with E-state index in [0.717, 1.165) is 48.4 Å². The summed E-state index contributed by atoms with van der Waals surface area (Å²) >= 11 is 0. The van der Waals surface area contributed by atoms with E-state index in [1.807, 2.05) is 54.3 Å². The highest BCUT2D eigenvalue weighted by molar-refractivity contribution is 6.07. The SMILES string of the molecule is Cc1ccc2c(Nc3ccccc3)c(C(=O)N3CCCC3)cnc2n1. The van der Waals surface area contributed by atoms with Crippen molar-refractivity contribution in [3.05, 3.63) is 59.9 Å². The smallest absolute Gasteiger partial charge is 0.257 e. The lowest BCUT2D eigenvalue weighted by Gasteiger charge is -2.19. The summed E-state index contributed by atoms with van der Waals surface area (Å²) in [7, 11) is 0. The Hall–Kier alpha value is -2.95. The molecule has 126 valence electrons. The zero-order valence-electron chi connectivity index (χ0n) is 14.2. The molecule has 5 nitrogen and oxygen atoms in total. The first-order valence-electron chi connectivity index (χ1n) is 8.60. The van der Waals surface area contributed by atoms with Crippen molar-refractivity contribution in [2.75, 3.05) is 18.4 Å². The predicted molar refractivity (Wildman–Crippen MR) is 99.1 cm³/mol. The zero-order valence-corrected chi connectivity index (χ0v) is 14.2. The third kappa shape index (κ3) is 3.05. The largest absolute Gasteiger partial charge is 0.354 e. The van der Waals surface area contributed by atoms with Gasteiger partial charge in [-0.1, -0.05) is 18.2 Å². The first-order valence-corrected chi connectivity index (χ1v) is 8.60. The van der Waals surface area contributed by atoms with E-state index in [0.29, 0.717) is 11.2 Å². The molecule has 1 N–H and O–H groups in total. The van der Waals surface area contributed by atoms with Crippen LogP contribution in [0.2, 0.25) is 0 Å². The Morgan fingerprint density at radius 1 is 1.08 bits per heavy atom. The Bertz CT molecular complexity index is 918. The zero-order chi connectivity index (χ0) is 17.2. The number of nitrogens with one attached hydrogen (secondary N) is 1. The van der Waals surface area contributed by atoms with Gasteiger partial charge in [0.25, 0.3) is 5.91 Å². The highest BCUT2D eigenvalue weighted by Gasteiger charge is 2.24. The lowest BCUT2D eigenvalue weighted by molar-refractivity contribution is 0.0793. The monoisotopic (exact) mass is 332 g/mol. The molecule has 4 rings (SSSR count). The molecule has 1 aliphatic heterocycles. The molecule has 0 unspecified atom stereocenters. The molecule has 3 aromatic rings. The highest BCUT2D eigenvalue weighted by atomic mass is 16.2. The summed E-state index contributed by atoms with van der Waals surface area (Å²) in [5.41, 5.74) is 3.87. The highest BCUT2D eigenvalue weighted by Crippen LogP contribution is 2.30. The van der Waals surface area contributed by atoms with E-state index >= 15 is 0 Å². The van der Waals surface area contributed by atoms with Gasteiger partial charge in [-0.05, 0) is 44.0 Å². The molecule has 5 heteroatoms. The summed E-state index contributed by atoms with van der Waals surface area (Å²) in [4.78, 5) is 23.8. The molecule has 0 atom stereocenters. The van der Waals surface area contributed by atoms with Crippen LogP contribution in [0, 0.1) is 6.92 Å². The lowest BCUT2D eigenvalue weighted by Crippen LogP contribution is -2.28. The summed E-state index contributed by atoms with van der Waals surface area (Å²) in [6.07, 6.45) is 3.78. The van der Waals surface area contributed by atoms with E-state index in [9.17, 15) is 4.79 Å². The number of aromatic nitrogens is 2. The minimum atomic E-state index is 0.0332. The van der Waals surface area contributed by atoms with Crippen LogP contribution in [0.1, 0.15) is 28.9 Å². The van der Waals surface area contributed by atoms with Gasteiger partial charge in [-0.3, -0.25) is 4.79 Å². The number of rotatable bonds is 3. The average molecular weight is 332 g/mol. The normalized spacial score (nSPS) is 14.0. The molecule has 2 aromatic heterocycles. The maximum absolute atomic E-state index is 13.0. The number of likely N-dealkylation sites (tertiary alicyclic amines) is 1. The number of carbonyl (C=O) groups is 1. The summed E-state index contributed by atoms with van der Waals surface area (Å²) in [5.74, 6) is 0.0332. The standard InChI is InChI=1S/C20H20N4O/c1-14-9-10-16-18(23-15-7-3-2-4-8-15)17(13-21-19(16)22-14)20(25)24-11-5-6-12-24/h2-4,7-10,13H,5-6,11-12H2,1H3,(H,21,22,23). The Labute approximate surface area is 146 Å². The fourth-order valence-corrected chi connectivity index (χ4v) is 3.23. The molecule has 0 aliphatic carbocycles. The third-order valence-corrected chi connectivity index (χ3v) is 4.54. The van der Waals surface area contributed by atoms with Gasteiger partial charge in [0.2, 0.25) is 0 Å². The van der Waals surface area contributed by atoms with Gasteiger partial charge < -0.3 is 10.2 Å². The van der Waals surface area contributed by atoms with Crippen molar-refractivity contribution >= 4 is 28.3 Å². The minimum absolute atomic E-state index is 0.0332. The number of hydrogen-bond donors (Lipinski definition) is 1. The fraction of sp³-hybridized carbons (Fsp3) is 0.250. The summed E-state index contributed by atoms with van der Waals surface area (Å²) < 4.78 is 0. The Morgan fingerprint density at radius 2 is 1.84 bits per heavy atom. The average Bonchev–Trinajstić information content (AvgIpc) is 3.17. The molecule has 25 heavy (non-hydrogen) atoms. The maximum atomic E-state index is 13.0. The van der Waals surface area contributed by atoms with Gasteiger partial charge in [-0.15, -0.1) is 0 Å². The van der Waals surface area contributed by atoms with Crippen LogP contribution in [-0.4, -0.2) is 33.9 Å². The molecule has 1 fully saturated rings. The van der Waals surface area contributed by atoms with Crippen LogP contribution in [0.5, 0.6) is 0 Å². The Balaban J connectivity index is 1.84. The van der Waals surface area contributed by atoms with Crippen molar-refractivity contribution in [2.24, 2.45) is 0 Å². The molecule has 0 radical (unpaired) electrons. The summed E-state index contributed by atoms with van der Waals surface area (Å²) in [6.45, 7) is 3.57. The van der Waals surface area contributed by atoms with Gasteiger partial charge in [0.05, 0.1) is 11.3 Å². The summed E-state index contributed by atoms with van der Waals surface area (Å²) in [5, 5.41) is 4.27. The molecule has 3 heterocycles. The Kier molecular flexibility index (Phi) is 4.06. The van der Waals surface area contributed by atoms with E-state index in [2.05, 4.69) is 15.3 Å². The number of amides is 1. The first kappa shape index (κ1) is 15.6. The number of nitrogens with zero attached hydrogens (tertiary/aromatic N) is 3. The second-order valence-electron chi connectivity index (χ2n) is 6.36. The fourth-order valence-electron chi connectivity index (χ4n) is 3.23. The van der Waals surface area contributed by atoms with E-state index in [1.54, 1.807) is 6.20 Å². The number of para-hydroxylation sites is 1. The van der Waals surface area contributed by atoms with Crippen LogP contribution in [0.3, 0.4) is 0 Å². The summed E-state index contributed by atoms with van der Waals surface area (Å²) in [6, 6.07) is 13.8. The molecule has 1 aliphatic rings. The van der Waals surface area contributed by atoms with Crippen molar-refractivity contribution in [3.8, 4) is 0 Å². The lowest BCUT2D eigenvalue weighted by atomic mass is 10.1. The van der Waals surface area contributed by atoms with Crippen LogP contribution in [-0.2, 0) is 0 Å². The van der Waals surface area contributed by atoms with Gasteiger partial charge in [-0.2, -0.15) is 0 Å². The van der Waals surface area contributed by atoms with E-state index < -0.39 is 0 Å². The van der Waals surface area contributed by atoms with Crippen LogP contribution >= 0.6 is 0 Å². The third-order valence-electron chi connectivity index (χ3n) is 4.54. The van der Waals surface area contributed by atoms with Crippen molar-refractivity contribution in [1.29, 1.82) is 0 Å². The van der Waals surface area contributed by atoms with Gasteiger partial charge in [0.15, 0.2) is 5.65 Å². The van der Waals surface area contributed by atoms with Crippen molar-refractivity contribution in [3.63, 3.8) is 0 Å². The quantitative estimate of drug-likeness (QED) is 0.790. The number of fused-ring (bicyclic) bond motifs is 1. The van der Waals surface area contributed by atoms with E-state index in [4.69, 9.17) is 0 Å². The molecular weight excluding hydrogens is 312 g/mol. The second kappa shape index (κ2) is 6.51. The van der Waals surface area contributed by atoms with E-state index in [1.165, 1.54) is 0 Å². The maximum Gasteiger partial charge on any atom is 0.257 e. The Morgan fingerprint density at radius 3 is 2.60 bits per heavy atom. The van der Waals surface area contributed by atoms with Crippen LogP contribution in [0.4, 0.5) is 11.4 Å². The van der Waals surface area contributed by atoms with Gasteiger partial charge in [-0.25, -0.2) is 9.97 Å². The molecule has 0 saturated carbocycles. The van der Waals surface area contributed by atoms with Gasteiger partial charge in [0, 0.05) is 36.1 Å². The number of aryl methyl sites for hydroxylation is 1. The number of benzene rings is 1. The van der Waals surface area contributed by atoms with Gasteiger partial charge >= 0.3 is 0 Å². The first-order chi connectivity index (χ1) is 12.2. The van der Waals surface area contributed by atoms with Crippen molar-refractivity contribution in [2.45, 2.75) is 19.8 Å². The second-order valence-corrected chi connectivity index (χ2v) is 6.36. The van der Waals surface area contributed by atoms with Crippen LogP contribution < -0.4 is 5.32 Å². The molecular formula is C20H20N4O. The van der Waals surface area contributed by atoms with Crippen LogP contribution in [0.15, 0.2) is 48.7 Å². The number of pyridine rings is 2.